The molecule has 5 rings (SSSR count). The van der Waals surface area contributed by atoms with E-state index in [-0.39, 0.29) is 11.9 Å². The number of anilines is 3. The Bertz CT molecular complexity index is 1090. The Kier molecular flexibility index (Phi) is 4.88. The molecule has 2 N–H and O–H groups in total. The average Bonchev–Trinajstić information content (AvgIpc) is 3.42. The monoisotopic (exact) mass is 418 g/mol. The Morgan fingerprint density at radius 1 is 1.03 bits per heavy atom. The smallest absolute Gasteiger partial charge is 0.321 e. The predicted octanol–water partition coefficient (Wildman–Crippen LogP) is 4.09. The first kappa shape index (κ1) is 18.7. The fourth-order valence-corrected chi connectivity index (χ4v) is 4.85. The Morgan fingerprint density at radius 3 is 2.70 bits per heavy atom. The molecule has 0 bridgehead atoms. The zero-order chi connectivity index (χ0) is 20.5. The lowest BCUT2D eigenvalue weighted by Gasteiger charge is -2.29. The molecular formula is C23H22N4O2S. The van der Waals surface area contributed by atoms with Crippen molar-refractivity contribution in [3.63, 3.8) is 0 Å². The minimum Gasteiger partial charge on any atom is -0.367 e. The van der Waals surface area contributed by atoms with Crippen molar-refractivity contribution < 1.29 is 9.59 Å². The number of carbonyl (C=O) groups is 2. The van der Waals surface area contributed by atoms with Crippen molar-refractivity contribution in [1.82, 2.24) is 5.32 Å². The highest BCUT2D eigenvalue weighted by Gasteiger charge is 2.22. The maximum Gasteiger partial charge on any atom is 0.321 e. The first-order chi connectivity index (χ1) is 14.7. The molecule has 152 valence electrons. The van der Waals surface area contributed by atoms with Crippen molar-refractivity contribution in [2.45, 2.75) is 13.0 Å². The number of benzene rings is 2. The molecule has 2 aromatic carbocycles. The zero-order valence-corrected chi connectivity index (χ0v) is 17.2. The van der Waals surface area contributed by atoms with Crippen LogP contribution in [-0.4, -0.2) is 31.6 Å². The Hall–Kier alpha value is -3.32. The molecule has 0 atom stereocenters. The molecule has 30 heavy (non-hydrogen) atoms. The van der Waals surface area contributed by atoms with Crippen molar-refractivity contribution in [3.05, 3.63) is 76.0 Å². The number of hydrogen-bond donors (Lipinski definition) is 2. The lowest BCUT2D eigenvalue weighted by molar-refractivity contribution is 0.102. The van der Waals surface area contributed by atoms with Crippen LogP contribution in [0.5, 0.6) is 0 Å². The fourth-order valence-electron chi connectivity index (χ4n) is 3.96. The Morgan fingerprint density at radius 2 is 1.90 bits per heavy atom. The van der Waals surface area contributed by atoms with E-state index in [1.165, 1.54) is 10.4 Å². The van der Waals surface area contributed by atoms with Crippen LogP contribution >= 0.6 is 11.3 Å². The number of fused-ring (bicyclic) bond motifs is 1. The first-order valence-electron chi connectivity index (χ1n) is 10.0. The van der Waals surface area contributed by atoms with Crippen LogP contribution < -0.4 is 20.4 Å². The van der Waals surface area contributed by atoms with Crippen molar-refractivity contribution in [1.29, 1.82) is 0 Å². The quantitative estimate of drug-likeness (QED) is 0.671. The Labute approximate surface area is 179 Å². The summed E-state index contributed by atoms with van der Waals surface area (Å²) in [4.78, 5) is 30.1. The fraction of sp³-hybridized carbons (Fsp3) is 0.217. The SMILES string of the molecule is O=C(Nc1ccc(N2CCc3sccc3C2)cc1)c1cccc(N2CCNC2=O)c1. The number of thiophene rings is 1. The molecule has 0 unspecified atom stereocenters. The minimum atomic E-state index is -0.190. The largest absolute Gasteiger partial charge is 0.367 e. The number of nitrogens with zero attached hydrogens (tertiary/aromatic N) is 2. The zero-order valence-electron chi connectivity index (χ0n) is 16.4. The summed E-state index contributed by atoms with van der Waals surface area (Å²) in [7, 11) is 0. The van der Waals surface area contributed by atoms with Gasteiger partial charge in [-0.05, 0) is 65.9 Å². The van der Waals surface area contributed by atoms with Gasteiger partial charge >= 0.3 is 6.03 Å². The lowest BCUT2D eigenvalue weighted by atomic mass is 10.1. The molecule has 6 nitrogen and oxygen atoms in total. The van der Waals surface area contributed by atoms with Gasteiger partial charge in [0.05, 0.1) is 0 Å². The van der Waals surface area contributed by atoms with Gasteiger partial charge in [0.15, 0.2) is 0 Å². The summed E-state index contributed by atoms with van der Waals surface area (Å²) >= 11 is 1.84. The van der Waals surface area contributed by atoms with Gasteiger partial charge in [0, 0.05) is 53.7 Å². The highest BCUT2D eigenvalue weighted by molar-refractivity contribution is 7.10. The number of nitrogens with one attached hydrogen (secondary N) is 2. The molecule has 0 radical (unpaired) electrons. The highest BCUT2D eigenvalue weighted by atomic mass is 32.1. The van der Waals surface area contributed by atoms with Gasteiger partial charge < -0.3 is 15.5 Å². The van der Waals surface area contributed by atoms with Crippen LogP contribution in [0.15, 0.2) is 60.0 Å². The Balaban J connectivity index is 1.26. The van der Waals surface area contributed by atoms with Crippen molar-refractivity contribution in [2.24, 2.45) is 0 Å². The summed E-state index contributed by atoms with van der Waals surface area (Å²) < 4.78 is 0. The van der Waals surface area contributed by atoms with Gasteiger partial charge in [-0.25, -0.2) is 4.79 Å². The molecule has 0 saturated carbocycles. The van der Waals surface area contributed by atoms with E-state index in [0.717, 1.165) is 36.6 Å². The standard InChI is InChI=1S/C23H22N4O2S/c28-22(16-2-1-3-20(14-16)27-12-10-24-23(27)29)25-18-4-6-19(7-5-18)26-11-8-21-17(15-26)9-13-30-21/h1-7,9,13-14H,8,10-12,15H2,(H,24,29)(H,25,28). The summed E-state index contributed by atoms with van der Waals surface area (Å²) in [6.07, 6.45) is 1.08. The van der Waals surface area contributed by atoms with Gasteiger partial charge in [0.25, 0.3) is 5.91 Å². The second-order valence-corrected chi connectivity index (χ2v) is 8.48. The third-order valence-corrected chi connectivity index (χ3v) is 6.60. The second kappa shape index (κ2) is 7.84. The van der Waals surface area contributed by atoms with Gasteiger partial charge in [-0.1, -0.05) is 6.07 Å². The third kappa shape index (κ3) is 3.64. The van der Waals surface area contributed by atoms with E-state index in [0.29, 0.717) is 18.7 Å². The van der Waals surface area contributed by atoms with Crippen LogP contribution in [0.25, 0.3) is 0 Å². The summed E-state index contributed by atoms with van der Waals surface area (Å²) in [5.74, 6) is -0.190. The molecule has 2 aliphatic rings. The number of amides is 3. The maximum absolute atomic E-state index is 12.7. The van der Waals surface area contributed by atoms with Crippen LogP contribution in [0.1, 0.15) is 20.8 Å². The number of rotatable bonds is 4. The van der Waals surface area contributed by atoms with E-state index in [1.54, 1.807) is 23.1 Å². The summed E-state index contributed by atoms with van der Waals surface area (Å²) in [5.41, 5.74) is 4.58. The molecule has 1 saturated heterocycles. The molecule has 3 amide bonds. The van der Waals surface area contributed by atoms with E-state index in [1.807, 2.05) is 29.5 Å². The second-order valence-electron chi connectivity index (χ2n) is 7.48. The molecule has 0 spiro atoms. The van der Waals surface area contributed by atoms with Gasteiger partial charge in [0.2, 0.25) is 0 Å². The van der Waals surface area contributed by atoms with E-state index in [4.69, 9.17) is 0 Å². The predicted molar refractivity (Wildman–Crippen MR) is 121 cm³/mol. The molecule has 1 aromatic heterocycles. The molecule has 2 aliphatic heterocycles. The molecule has 3 aromatic rings. The minimum absolute atomic E-state index is 0.129. The van der Waals surface area contributed by atoms with Crippen LogP contribution in [0.3, 0.4) is 0 Å². The summed E-state index contributed by atoms with van der Waals surface area (Å²) in [6, 6.07) is 17.2. The van der Waals surface area contributed by atoms with Gasteiger partial charge in [-0.15, -0.1) is 11.3 Å². The molecule has 3 heterocycles. The molecule has 1 fully saturated rings. The number of carbonyl (C=O) groups excluding carboxylic acids is 2. The van der Waals surface area contributed by atoms with Crippen LogP contribution in [-0.2, 0) is 13.0 Å². The maximum atomic E-state index is 12.7. The molecule has 0 aliphatic carbocycles. The van der Waals surface area contributed by atoms with Gasteiger partial charge in [-0.2, -0.15) is 0 Å². The van der Waals surface area contributed by atoms with Crippen LogP contribution in [0.2, 0.25) is 0 Å². The van der Waals surface area contributed by atoms with Crippen molar-refractivity contribution >= 4 is 40.3 Å². The van der Waals surface area contributed by atoms with Crippen molar-refractivity contribution in [3.8, 4) is 0 Å². The van der Waals surface area contributed by atoms with Crippen LogP contribution in [0.4, 0.5) is 21.9 Å². The van der Waals surface area contributed by atoms with E-state index >= 15 is 0 Å². The van der Waals surface area contributed by atoms with E-state index < -0.39 is 0 Å². The first-order valence-corrected chi connectivity index (χ1v) is 10.9. The van der Waals surface area contributed by atoms with Gasteiger partial charge in [0.1, 0.15) is 0 Å². The molecular weight excluding hydrogens is 396 g/mol. The topological polar surface area (TPSA) is 64.7 Å². The summed E-state index contributed by atoms with van der Waals surface area (Å²) in [5, 5.41) is 7.89. The average molecular weight is 419 g/mol. The summed E-state index contributed by atoms with van der Waals surface area (Å²) in [6.45, 7) is 3.17. The third-order valence-electron chi connectivity index (χ3n) is 5.57. The lowest BCUT2D eigenvalue weighted by Crippen LogP contribution is -2.29. The van der Waals surface area contributed by atoms with Gasteiger partial charge in [-0.3, -0.25) is 9.69 Å². The van der Waals surface area contributed by atoms with E-state index in [2.05, 4.69) is 39.1 Å². The highest BCUT2D eigenvalue weighted by Crippen LogP contribution is 2.28. The number of urea groups is 1. The molecule has 7 heteroatoms. The number of hydrogen-bond acceptors (Lipinski definition) is 4. The normalized spacial score (nSPS) is 15.7. The van der Waals surface area contributed by atoms with Crippen molar-refractivity contribution in [2.75, 3.05) is 34.8 Å². The van der Waals surface area contributed by atoms with Crippen LogP contribution in [0, 0.1) is 0 Å². The van der Waals surface area contributed by atoms with E-state index in [9.17, 15) is 9.59 Å².